The number of carbonyl (C=O) groups is 1. The molecule has 124 valence electrons. The van der Waals surface area contributed by atoms with Gasteiger partial charge in [0.2, 0.25) is 0 Å². The maximum atomic E-state index is 12.2. The first-order valence-electron chi connectivity index (χ1n) is 8.31. The van der Waals surface area contributed by atoms with Gasteiger partial charge in [-0.2, -0.15) is 0 Å². The number of carbonyl (C=O) groups excluding carboxylic acids is 1. The normalized spacial score (nSPS) is 11.3. The molecule has 0 atom stereocenters. The van der Waals surface area contributed by atoms with Gasteiger partial charge in [0.05, 0.1) is 12.2 Å². The van der Waals surface area contributed by atoms with Crippen LogP contribution in [0, 0.1) is 5.92 Å². The van der Waals surface area contributed by atoms with Gasteiger partial charge in [0.25, 0.3) is 0 Å². The van der Waals surface area contributed by atoms with E-state index in [2.05, 4.69) is 38.1 Å². The quantitative estimate of drug-likeness (QED) is 0.371. The third-order valence-electron chi connectivity index (χ3n) is 3.85. The van der Waals surface area contributed by atoms with E-state index >= 15 is 0 Å². The largest absolute Gasteiger partial charge is 0.460 e. The second-order valence-electron chi connectivity index (χ2n) is 6.37. The Labute approximate surface area is 142 Å². The van der Waals surface area contributed by atoms with Gasteiger partial charge in [0.1, 0.15) is 6.61 Å². The van der Waals surface area contributed by atoms with E-state index in [1.807, 2.05) is 30.3 Å². The summed E-state index contributed by atoms with van der Waals surface area (Å²) in [6.45, 7) is 5.57. The van der Waals surface area contributed by atoms with E-state index < -0.39 is 0 Å². The first kappa shape index (κ1) is 16.5. The molecule has 0 spiro atoms. The molecule has 0 aliphatic rings. The molecular formula is C21H22O3. The van der Waals surface area contributed by atoms with Crippen molar-refractivity contribution in [2.45, 2.75) is 13.8 Å². The molecule has 0 fully saturated rings. The second kappa shape index (κ2) is 7.45. The predicted molar refractivity (Wildman–Crippen MR) is 97.4 cm³/mol. The second-order valence-corrected chi connectivity index (χ2v) is 6.37. The summed E-state index contributed by atoms with van der Waals surface area (Å²) in [6, 6.07) is 18.1. The molecule has 0 radical (unpaired) electrons. The zero-order valence-corrected chi connectivity index (χ0v) is 14.1. The lowest BCUT2D eigenvalue weighted by atomic mass is 10.0. The van der Waals surface area contributed by atoms with Crippen LogP contribution in [0.3, 0.4) is 0 Å². The highest BCUT2D eigenvalue weighted by Gasteiger charge is 2.08. The highest BCUT2D eigenvalue weighted by Crippen LogP contribution is 2.24. The van der Waals surface area contributed by atoms with Crippen molar-refractivity contribution >= 4 is 27.5 Å². The Morgan fingerprint density at radius 1 is 0.875 bits per heavy atom. The molecule has 0 saturated carbocycles. The van der Waals surface area contributed by atoms with Crippen LogP contribution in [0.4, 0.5) is 0 Å². The maximum absolute atomic E-state index is 12.2. The van der Waals surface area contributed by atoms with Crippen LogP contribution in [0.5, 0.6) is 0 Å². The molecule has 24 heavy (non-hydrogen) atoms. The number of benzene rings is 3. The van der Waals surface area contributed by atoms with Gasteiger partial charge in [-0.1, -0.05) is 44.2 Å². The number of rotatable bonds is 6. The average Bonchev–Trinajstić information content (AvgIpc) is 2.58. The molecule has 0 bridgehead atoms. The summed E-state index contributed by atoms with van der Waals surface area (Å²) < 4.78 is 10.7. The zero-order chi connectivity index (χ0) is 16.9. The van der Waals surface area contributed by atoms with Crippen LogP contribution in [0.25, 0.3) is 21.5 Å². The minimum Gasteiger partial charge on any atom is -0.460 e. The molecular weight excluding hydrogens is 300 g/mol. The number of hydrogen-bond acceptors (Lipinski definition) is 3. The van der Waals surface area contributed by atoms with Crippen molar-refractivity contribution < 1.29 is 14.3 Å². The maximum Gasteiger partial charge on any atom is 0.338 e. The first-order valence-corrected chi connectivity index (χ1v) is 8.31. The lowest BCUT2D eigenvalue weighted by Gasteiger charge is -2.08. The minimum atomic E-state index is -0.307. The third-order valence-corrected chi connectivity index (χ3v) is 3.85. The lowest BCUT2D eigenvalue weighted by molar-refractivity contribution is 0.0278. The SMILES string of the molecule is CC(C)COCCOC(=O)c1ccc2cc3ccccc3cc2c1. The van der Waals surface area contributed by atoms with Gasteiger partial charge in [-0.3, -0.25) is 0 Å². The molecule has 0 unspecified atom stereocenters. The van der Waals surface area contributed by atoms with Gasteiger partial charge in [-0.15, -0.1) is 0 Å². The Hall–Kier alpha value is -2.39. The monoisotopic (exact) mass is 322 g/mol. The Balaban J connectivity index is 1.70. The fraction of sp³-hybridized carbons (Fsp3) is 0.286. The van der Waals surface area contributed by atoms with Gasteiger partial charge in [-0.05, 0) is 51.7 Å². The average molecular weight is 322 g/mol. The van der Waals surface area contributed by atoms with Crippen LogP contribution in [0.2, 0.25) is 0 Å². The van der Waals surface area contributed by atoms with Crippen molar-refractivity contribution in [1.82, 2.24) is 0 Å². The number of esters is 1. The molecule has 3 aromatic rings. The molecule has 0 heterocycles. The van der Waals surface area contributed by atoms with E-state index in [1.165, 1.54) is 5.39 Å². The van der Waals surface area contributed by atoms with E-state index in [1.54, 1.807) is 0 Å². The molecule has 0 aliphatic carbocycles. The molecule has 0 aromatic heterocycles. The lowest BCUT2D eigenvalue weighted by Crippen LogP contribution is -2.12. The van der Waals surface area contributed by atoms with Crippen LogP contribution in [-0.4, -0.2) is 25.8 Å². The molecule has 0 saturated heterocycles. The Bertz CT molecular complexity index is 852. The fourth-order valence-corrected chi connectivity index (χ4v) is 2.66. The van der Waals surface area contributed by atoms with Crippen LogP contribution in [-0.2, 0) is 9.47 Å². The summed E-state index contributed by atoms with van der Waals surface area (Å²) >= 11 is 0. The molecule has 0 N–H and O–H groups in total. The molecule has 3 aromatic carbocycles. The Morgan fingerprint density at radius 2 is 1.54 bits per heavy atom. The van der Waals surface area contributed by atoms with Gasteiger partial charge in [-0.25, -0.2) is 4.79 Å². The topological polar surface area (TPSA) is 35.5 Å². The summed E-state index contributed by atoms with van der Waals surface area (Å²) in [6.07, 6.45) is 0. The molecule has 0 aliphatic heterocycles. The highest BCUT2D eigenvalue weighted by atomic mass is 16.6. The Morgan fingerprint density at radius 3 is 2.25 bits per heavy atom. The third kappa shape index (κ3) is 3.92. The molecule has 3 nitrogen and oxygen atoms in total. The van der Waals surface area contributed by atoms with Gasteiger partial charge < -0.3 is 9.47 Å². The Kier molecular flexibility index (Phi) is 5.11. The van der Waals surface area contributed by atoms with Gasteiger partial charge in [0, 0.05) is 6.61 Å². The van der Waals surface area contributed by atoms with Crippen molar-refractivity contribution in [3.05, 3.63) is 60.2 Å². The van der Waals surface area contributed by atoms with E-state index in [-0.39, 0.29) is 12.6 Å². The van der Waals surface area contributed by atoms with Crippen LogP contribution in [0.1, 0.15) is 24.2 Å². The van der Waals surface area contributed by atoms with Crippen LogP contribution in [0.15, 0.2) is 54.6 Å². The van der Waals surface area contributed by atoms with Crippen molar-refractivity contribution in [3.8, 4) is 0 Å². The van der Waals surface area contributed by atoms with Crippen molar-refractivity contribution in [1.29, 1.82) is 0 Å². The summed E-state index contributed by atoms with van der Waals surface area (Å²) in [5.74, 6) is 0.175. The van der Waals surface area contributed by atoms with E-state index in [9.17, 15) is 4.79 Å². The van der Waals surface area contributed by atoms with Crippen molar-refractivity contribution in [2.75, 3.05) is 19.8 Å². The molecule has 3 heteroatoms. The molecule has 0 amide bonds. The summed E-state index contributed by atoms with van der Waals surface area (Å²) in [5.41, 5.74) is 0.571. The van der Waals surface area contributed by atoms with Crippen LogP contribution >= 0.6 is 0 Å². The highest BCUT2D eigenvalue weighted by molar-refractivity contribution is 6.01. The van der Waals surface area contributed by atoms with E-state index in [4.69, 9.17) is 9.47 Å². The van der Waals surface area contributed by atoms with Crippen LogP contribution < -0.4 is 0 Å². The first-order chi connectivity index (χ1) is 11.6. The summed E-state index contributed by atoms with van der Waals surface area (Å²) in [4.78, 5) is 12.2. The smallest absolute Gasteiger partial charge is 0.338 e. The summed E-state index contributed by atoms with van der Waals surface area (Å²) in [7, 11) is 0. The van der Waals surface area contributed by atoms with Gasteiger partial charge in [0.15, 0.2) is 0 Å². The zero-order valence-electron chi connectivity index (χ0n) is 14.1. The molecule has 3 rings (SSSR count). The standard InChI is InChI=1S/C21H22O3/c1-15(2)14-23-9-10-24-21(22)19-8-7-18-11-16-5-3-4-6-17(16)12-20(18)13-19/h3-8,11-13,15H,9-10,14H2,1-2H3. The summed E-state index contributed by atoms with van der Waals surface area (Å²) in [5, 5.41) is 4.52. The van der Waals surface area contributed by atoms with Gasteiger partial charge >= 0.3 is 5.97 Å². The van der Waals surface area contributed by atoms with Crippen molar-refractivity contribution in [2.24, 2.45) is 5.92 Å². The van der Waals surface area contributed by atoms with Crippen molar-refractivity contribution in [3.63, 3.8) is 0 Å². The predicted octanol–water partition coefficient (Wildman–Crippen LogP) is 4.82. The fourth-order valence-electron chi connectivity index (χ4n) is 2.66. The van der Waals surface area contributed by atoms with E-state index in [0.29, 0.717) is 24.7 Å². The number of fused-ring (bicyclic) bond motifs is 2. The minimum absolute atomic E-state index is 0.279. The number of hydrogen-bond donors (Lipinski definition) is 0. The van der Waals surface area contributed by atoms with E-state index in [0.717, 1.165) is 16.2 Å². The number of ether oxygens (including phenoxy) is 2.